The molecule has 130 valence electrons. The Hall–Kier alpha value is -2.11. The highest BCUT2D eigenvalue weighted by Crippen LogP contribution is 2.39. The summed E-state index contributed by atoms with van der Waals surface area (Å²) in [5.74, 6) is 0. The van der Waals surface area contributed by atoms with Crippen LogP contribution in [0.2, 0.25) is 0 Å². The summed E-state index contributed by atoms with van der Waals surface area (Å²) < 4.78 is 10.1. The summed E-state index contributed by atoms with van der Waals surface area (Å²) in [6, 6.07) is 6.29. The standard InChI is InChI=1S/C19H25NO4/c1-23-9-3-5-15-11-16(6-4-10-24-2)13-17(12-15)14-19(7-8-19)20-18(21)22/h3-6,11-13,20H,7-10,14H2,1-2H3,(H,21,22). The van der Waals surface area contributed by atoms with Gasteiger partial charge in [0.05, 0.1) is 13.2 Å². The lowest BCUT2D eigenvalue weighted by Crippen LogP contribution is -2.37. The van der Waals surface area contributed by atoms with E-state index in [1.165, 1.54) is 0 Å². The van der Waals surface area contributed by atoms with Crippen molar-refractivity contribution in [2.45, 2.75) is 24.8 Å². The van der Waals surface area contributed by atoms with Crippen LogP contribution in [0.25, 0.3) is 12.2 Å². The molecule has 0 aromatic heterocycles. The zero-order valence-electron chi connectivity index (χ0n) is 14.2. The number of methoxy groups -OCH3 is 2. The van der Waals surface area contributed by atoms with Gasteiger partial charge in [-0.15, -0.1) is 0 Å². The summed E-state index contributed by atoms with van der Waals surface area (Å²) >= 11 is 0. The van der Waals surface area contributed by atoms with Gasteiger partial charge < -0.3 is 19.9 Å². The topological polar surface area (TPSA) is 67.8 Å². The van der Waals surface area contributed by atoms with E-state index in [4.69, 9.17) is 14.6 Å². The van der Waals surface area contributed by atoms with E-state index in [2.05, 4.69) is 23.5 Å². The largest absolute Gasteiger partial charge is 0.465 e. The van der Waals surface area contributed by atoms with Crippen molar-refractivity contribution in [1.82, 2.24) is 5.32 Å². The number of nitrogens with one attached hydrogen (secondary N) is 1. The van der Waals surface area contributed by atoms with Crippen LogP contribution < -0.4 is 5.32 Å². The minimum Gasteiger partial charge on any atom is -0.465 e. The number of hydrogen-bond donors (Lipinski definition) is 2. The van der Waals surface area contributed by atoms with Crippen LogP contribution >= 0.6 is 0 Å². The zero-order valence-corrected chi connectivity index (χ0v) is 14.2. The van der Waals surface area contributed by atoms with Crippen LogP contribution in [0.4, 0.5) is 4.79 Å². The fourth-order valence-corrected chi connectivity index (χ4v) is 2.72. The van der Waals surface area contributed by atoms with Gasteiger partial charge in [-0.3, -0.25) is 0 Å². The molecule has 2 rings (SSSR count). The molecule has 0 aliphatic heterocycles. The normalized spacial score (nSPS) is 15.9. The molecule has 1 amide bonds. The Labute approximate surface area is 143 Å². The van der Waals surface area contributed by atoms with Crippen LogP contribution in [0.1, 0.15) is 29.5 Å². The average Bonchev–Trinajstić information content (AvgIpc) is 3.26. The maximum atomic E-state index is 11.0. The van der Waals surface area contributed by atoms with Gasteiger partial charge in [-0.25, -0.2) is 4.79 Å². The van der Waals surface area contributed by atoms with Gasteiger partial charge in [-0.2, -0.15) is 0 Å². The van der Waals surface area contributed by atoms with Gasteiger partial charge >= 0.3 is 6.09 Å². The molecule has 1 fully saturated rings. The Kier molecular flexibility index (Phi) is 6.58. The van der Waals surface area contributed by atoms with Crippen LogP contribution in [0, 0.1) is 0 Å². The molecule has 0 saturated heterocycles. The molecule has 1 aliphatic rings. The number of hydrogen-bond acceptors (Lipinski definition) is 3. The van der Waals surface area contributed by atoms with Gasteiger partial charge in [0.15, 0.2) is 0 Å². The van der Waals surface area contributed by atoms with Crippen molar-refractivity contribution < 1.29 is 19.4 Å². The Balaban J connectivity index is 2.20. The van der Waals surface area contributed by atoms with E-state index in [1.54, 1.807) is 14.2 Å². The third kappa shape index (κ3) is 5.83. The smallest absolute Gasteiger partial charge is 0.405 e. The second-order valence-corrected chi connectivity index (χ2v) is 6.11. The fourth-order valence-electron chi connectivity index (χ4n) is 2.72. The first-order valence-electron chi connectivity index (χ1n) is 8.03. The molecule has 1 saturated carbocycles. The molecule has 0 atom stereocenters. The Morgan fingerprint density at radius 2 is 1.67 bits per heavy atom. The van der Waals surface area contributed by atoms with E-state index in [0.717, 1.165) is 29.5 Å². The Bertz CT molecular complexity index is 584. The summed E-state index contributed by atoms with van der Waals surface area (Å²) in [7, 11) is 3.32. The minimum absolute atomic E-state index is 0.297. The molecule has 1 aromatic rings. The molecule has 0 unspecified atom stereocenters. The lowest BCUT2D eigenvalue weighted by atomic mass is 9.98. The first kappa shape index (κ1) is 18.2. The van der Waals surface area contributed by atoms with Crippen molar-refractivity contribution in [3.05, 3.63) is 47.0 Å². The quantitative estimate of drug-likeness (QED) is 0.728. The van der Waals surface area contributed by atoms with Gasteiger partial charge in [0.25, 0.3) is 0 Å². The van der Waals surface area contributed by atoms with Gasteiger partial charge in [0, 0.05) is 19.8 Å². The van der Waals surface area contributed by atoms with Crippen molar-refractivity contribution in [1.29, 1.82) is 0 Å². The third-order valence-electron chi connectivity index (χ3n) is 3.95. The van der Waals surface area contributed by atoms with Gasteiger partial charge in [0.2, 0.25) is 0 Å². The van der Waals surface area contributed by atoms with Crippen molar-refractivity contribution in [2.75, 3.05) is 27.4 Å². The highest BCUT2D eigenvalue weighted by atomic mass is 16.5. The van der Waals surface area contributed by atoms with Crippen LogP contribution in [-0.2, 0) is 15.9 Å². The van der Waals surface area contributed by atoms with E-state index < -0.39 is 6.09 Å². The van der Waals surface area contributed by atoms with Crippen LogP contribution in [0.3, 0.4) is 0 Å². The molecule has 0 spiro atoms. The SMILES string of the molecule is COCC=Cc1cc(C=CCOC)cc(CC2(NC(=O)O)CC2)c1. The summed E-state index contributed by atoms with van der Waals surface area (Å²) in [5.41, 5.74) is 2.98. The van der Waals surface area contributed by atoms with E-state index in [1.807, 2.05) is 24.3 Å². The number of carboxylic acid groups (broad SMARTS) is 1. The molecule has 5 nitrogen and oxygen atoms in total. The molecule has 5 heteroatoms. The number of benzene rings is 1. The number of carbonyl (C=O) groups is 1. The van der Waals surface area contributed by atoms with E-state index in [9.17, 15) is 4.79 Å². The molecule has 0 radical (unpaired) electrons. The first-order valence-corrected chi connectivity index (χ1v) is 8.03. The minimum atomic E-state index is -0.955. The Morgan fingerprint density at radius 1 is 1.12 bits per heavy atom. The molecule has 24 heavy (non-hydrogen) atoms. The molecule has 1 aromatic carbocycles. The summed E-state index contributed by atoms with van der Waals surface area (Å²) in [6.07, 6.45) is 9.49. The number of amides is 1. The molecule has 0 bridgehead atoms. The highest BCUT2D eigenvalue weighted by molar-refractivity contribution is 5.66. The van der Waals surface area contributed by atoms with E-state index in [0.29, 0.717) is 19.6 Å². The van der Waals surface area contributed by atoms with Crippen molar-refractivity contribution in [3.63, 3.8) is 0 Å². The van der Waals surface area contributed by atoms with Crippen molar-refractivity contribution in [2.24, 2.45) is 0 Å². The van der Waals surface area contributed by atoms with Gasteiger partial charge in [0.1, 0.15) is 0 Å². The van der Waals surface area contributed by atoms with Gasteiger partial charge in [-0.05, 0) is 42.0 Å². The first-order chi connectivity index (χ1) is 11.6. The van der Waals surface area contributed by atoms with E-state index in [-0.39, 0.29) is 5.54 Å². The lowest BCUT2D eigenvalue weighted by molar-refractivity contribution is 0.188. The maximum absolute atomic E-state index is 11.0. The predicted octanol–water partition coefficient (Wildman–Crippen LogP) is 3.35. The second-order valence-electron chi connectivity index (χ2n) is 6.11. The van der Waals surface area contributed by atoms with Crippen LogP contribution in [0.5, 0.6) is 0 Å². The fraction of sp³-hybridized carbons (Fsp3) is 0.421. The van der Waals surface area contributed by atoms with Gasteiger partial charge in [-0.1, -0.05) is 36.4 Å². The van der Waals surface area contributed by atoms with Crippen molar-refractivity contribution in [3.8, 4) is 0 Å². The summed E-state index contributed by atoms with van der Waals surface area (Å²) in [5, 5.41) is 11.7. The summed E-state index contributed by atoms with van der Waals surface area (Å²) in [6.45, 7) is 1.12. The highest BCUT2D eigenvalue weighted by Gasteiger charge is 2.44. The average molecular weight is 331 g/mol. The Morgan fingerprint density at radius 3 is 2.08 bits per heavy atom. The molecular formula is C19H25NO4. The maximum Gasteiger partial charge on any atom is 0.405 e. The molecular weight excluding hydrogens is 306 g/mol. The number of rotatable bonds is 9. The van der Waals surface area contributed by atoms with E-state index >= 15 is 0 Å². The van der Waals surface area contributed by atoms with Crippen LogP contribution in [0.15, 0.2) is 30.4 Å². The van der Waals surface area contributed by atoms with Crippen LogP contribution in [-0.4, -0.2) is 44.2 Å². The third-order valence-corrected chi connectivity index (χ3v) is 3.95. The predicted molar refractivity (Wildman–Crippen MR) is 95.1 cm³/mol. The lowest BCUT2D eigenvalue weighted by Gasteiger charge is -2.16. The number of ether oxygens (including phenoxy) is 2. The summed E-state index contributed by atoms with van der Waals surface area (Å²) in [4.78, 5) is 11.0. The zero-order chi connectivity index (χ0) is 17.4. The second kappa shape index (κ2) is 8.66. The molecule has 0 heterocycles. The van der Waals surface area contributed by atoms with Crippen molar-refractivity contribution >= 4 is 18.2 Å². The molecule has 1 aliphatic carbocycles. The monoisotopic (exact) mass is 331 g/mol. The molecule has 2 N–H and O–H groups in total.